The van der Waals surface area contributed by atoms with Gasteiger partial charge in [0.25, 0.3) is 0 Å². The molecule has 1 aliphatic heterocycles. The Balaban J connectivity index is 2.06. The van der Waals surface area contributed by atoms with Crippen molar-refractivity contribution in [2.75, 3.05) is 13.1 Å². The standard InChI is InChI=1S/C14H17F3N2O/c15-14(16,17)13(20)19-12(11-6-7-18-9-11)8-10-4-2-1-3-5-10/h1-5,11-12,18H,6-9H2,(H,19,20). The van der Waals surface area contributed by atoms with E-state index in [-0.39, 0.29) is 5.92 Å². The molecule has 0 aliphatic carbocycles. The lowest BCUT2D eigenvalue weighted by Crippen LogP contribution is -2.48. The zero-order valence-electron chi connectivity index (χ0n) is 10.9. The van der Waals surface area contributed by atoms with E-state index in [9.17, 15) is 18.0 Å². The quantitative estimate of drug-likeness (QED) is 0.887. The Bertz CT molecular complexity index is 441. The Labute approximate surface area is 115 Å². The van der Waals surface area contributed by atoms with Crippen molar-refractivity contribution < 1.29 is 18.0 Å². The van der Waals surface area contributed by atoms with E-state index in [0.717, 1.165) is 18.5 Å². The molecule has 1 amide bonds. The molecule has 2 rings (SSSR count). The molecule has 2 unspecified atom stereocenters. The Kier molecular flexibility index (Phi) is 4.65. The topological polar surface area (TPSA) is 41.1 Å². The van der Waals surface area contributed by atoms with E-state index in [1.807, 2.05) is 30.3 Å². The average Bonchev–Trinajstić information content (AvgIpc) is 2.92. The summed E-state index contributed by atoms with van der Waals surface area (Å²) in [7, 11) is 0. The van der Waals surface area contributed by atoms with Crippen molar-refractivity contribution in [1.82, 2.24) is 10.6 Å². The van der Waals surface area contributed by atoms with Crippen molar-refractivity contribution in [3.05, 3.63) is 35.9 Å². The smallest absolute Gasteiger partial charge is 0.345 e. The lowest BCUT2D eigenvalue weighted by Gasteiger charge is -2.25. The molecular formula is C14H17F3N2O. The highest BCUT2D eigenvalue weighted by molar-refractivity contribution is 5.82. The van der Waals surface area contributed by atoms with Gasteiger partial charge in [-0.15, -0.1) is 0 Å². The molecule has 0 spiro atoms. The molecule has 3 nitrogen and oxygen atoms in total. The molecule has 0 bridgehead atoms. The van der Waals surface area contributed by atoms with Gasteiger partial charge in [0.15, 0.2) is 0 Å². The minimum Gasteiger partial charge on any atom is -0.345 e. The second-order valence-corrected chi connectivity index (χ2v) is 5.02. The molecule has 1 aromatic carbocycles. The van der Waals surface area contributed by atoms with E-state index in [0.29, 0.717) is 13.0 Å². The fourth-order valence-corrected chi connectivity index (χ4v) is 2.47. The third kappa shape index (κ3) is 3.96. The summed E-state index contributed by atoms with van der Waals surface area (Å²) in [5.74, 6) is -1.83. The first-order valence-corrected chi connectivity index (χ1v) is 6.59. The van der Waals surface area contributed by atoms with Gasteiger partial charge in [-0.05, 0) is 37.4 Å². The van der Waals surface area contributed by atoms with E-state index < -0.39 is 18.1 Å². The predicted molar refractivity (Wildman–Crippen MR) is 69.1 cm³/mol. The predicted octanol–water partition coefficient (Wildman–Crippen LogP) is 1.89. The molecule has 6 heteroatoms. The molecule has 1 aliphatic rings. The van der Waals surface area contributed by atoms with Crippen LogP contribution in [0.15, 0.2) is 30.3 Å². The van der Waals surface area contributed by atoms with Gasteiger partial charge in [-0.2, -0.15) is 13.2 Å². The van der Waals surface area contributed by atoms with Crippen molar-refractivity contribution >= 4 is 5.91 Å². The van der Waals surface area contributed by atoms with Gasteiger partial charge in [0.05, 0.1) is 0 Å². The second kappa shape index (κ2) is 6.26. The van der Waals surface area contributed by atoms with Gasteiger partial charge in [0, 0.05) is 6.04 Å². The van der Waals surface area contributed by atoms with Crippen LogP contribution in [0.3, 0.4) is 0 Å². The van der Waals surface area contributed by atoms with Crippen molar-refractivity contribution in [3.8, 4) is 0 Å². The molecule has 2 atom stereocenters. The number of halogens is 3. The highest BCUT2D eigenvalue weighted by Crippen LogP contribution is 2.20. The number of amides is 1. The Morgan fingerprint density at radius 2 is 2.05 bits per heavy atom. The van der Waals surface area contributed by atoms with Crippen molar-refractivity contribution in [1.29, 1.82) is 0 Å². The summed E-state index contributed by atoms with van der Waals surface area (Å²) < 4.78 is 37.2. The summed E-state index contributed by atoms with van der Waals surface area (Å²) in [5, 5.41) is 5.26. The first kappa shape index (κ1) is 14.8. The molecule has 20 heavy (non-hydrogen) atoms. The van der Waals surface area contributed by atoms with Gasteiger partial charge >= 0.3 is 12.1 Å². The molecule has 1 heterocycles. The number of alkyl halides is 3. The van der Waals surface area contributed by atoms with E-state index in [2.05, 4.69) is 10.6 Å². The number of rotatable bonds is 4. The van der Waals surface area contributed by atoms with Crippen LogP contribution < -0.4 is 10.6 Å². The van der Waals surface area contributed by atoms with E-state index >= 15 is 0 Å². The summed E-state index contributed by atoms with van der Waals surface area (Å²) in [5.41, 5.74) is 0.923. The number of carbonyl (C=O) groups is 1. The van der Waals surface area contributed by atoms with Gasteiger partial charge in [0.2, 0.25) is 0 Å². The summed E-state index contributed by atoms with van der Waals surface area (Å²) in [4.78, 5) is 11.2. The molecule has 1 aromatic rings. The zero-order valence-corrected chi connectivity index (χ0v) is 10.9. The molecule has 1 fully saturated rings. The molecule has 110 valence electrons. The Morgan fingerprint density at radius 1 is 1.35 bits per heavy atom. The van der Waals surface area contributed by atoms with Crippen LogP contribution in [0.4, 0.5) is 13.2 Å². The molecule has 2 N–H and O–H groups in total. The summed E-state index contributed by atoms with van der Waals surface area (Å²) >= 11 is 0. The van der Waals surface area contributed by atoms with E-state index in [1.165, 1.54) is 0 Å². The van der Waals surface area contributed by atoms with Gasteiger partial charge in [-0.1, -0.05) is 30.3 Å². The first-order valence-electron chi connectivity index (χ1n) is 6.59. The zero-order chi connectivity index (χ0) is 14.6. The second-order valence-electron chi connectivity index (χ2n) is 5.02. The van der Waals surface area contributed by atoms with Crippen LogP contribution in [-0.4, -0.2) is 31.2 Å². The summed E-state index contributed by atoms with van der Waals surface area (Å²) in [6, 6.07) is 8.74. The third-order valence-electron chi connectivity index (χ3n) is 3.54. The largest absolute Gasteiger partial charge is 0.471 e. The number of nitrogens with one attached hydrogen (secondary N) is 2. The average molecular weight is 286 g/mol. The minimum absolute atomic E-state index is 0.0292. The maximum atomic E-state index is 12.4. The maximum Gasteiger partial charge on any atom is 0.471 e. The van der Waals surface area contributed by atoms with Crippen LogP contribution in [0.2, 0.25) is 0 Å². The van der Waals surface area contributed by atoms with Gasteiger partial charge in [-0.25, -0.2) is 0 Å². The maximum absolute atomic E-state index is 12.4. The third-order valence-corrected chi connectivity index (χ3v) is 3.54. The molecule has 0 radical (unpaired) electrons. The lowest BCUT2D eigenvalue weighted by atomic mass is 9.92. The van der Waals surface area contributed by atoms with Crippen molar-refractivity contribution in [2.24, 2.45) is 5.92 Å². The lowest BCUT2D eigenvalue weighted by molar-refractivity contribution is -0.174. The minimum atomic E-state index is -4.83. The SMILES string of the molecule is O=C(NC(Cc1ccccc1)C1CCNC1)C(F)(F)F. The van der Waals surface area contributed by atoms with E-state index in [1.54, 1.807) is 0 Å². The summed E-state index contributed by atoms with van der Waals surface area (Å²) in [6.07, 6.45) is -3.65. The molecule has 0 saturated carbocycles. The van der Waals surface area contributed by atoms with Crippen LogP contribution in [0.25, 0.3) is 0 Å². The number of benzene rings is 1. The van der Waals surface area contributed by atoms with Crippen LogP contribution in [-0.2, 0) is 11.2 Å². The molecular weight excluding hydrogens is 269 g/mol. The van der Waals surface area contributed by atoms with Crippen molar-refractivity contribution in [3.63, 3.8) is 0 Å². The van der Waals surface area contributed by atoms with Crippen LogP contribution in [0.5, 0.6) is 0 Å². The van der Waals surface area contributed by atoms with Crippen molar-refractivity contribution in [2.45, 2.75) is 25.1 Å². The normalized spacial score (nSPS) is 20.6. The van der Waals surface area contributed by atoms with Gasteiger partial charge < -0.3 is 10.6 Å². The summed E-state index contributed by atoms with van der Waals surface area (Å²) in [6.45, 7) is 1.41. The Morgan fingerprint density at radius 3 is 2.60 bits per heavy atom. The van der Waals surface area contributed by atoms with E-state index in [4.69, 9.17) is 0 Å². The highest BCUT2D eigenvalue weighted by atomic mass is 19.4. The highest BCUT2D eigenvalue weighted by Gasteiger charge is 2.41. The fourth-order valence-electron chi connectivity index (χ4n) is 2.47. The molecule has 0 aromatic heterocycles. The van der Waals surface area contributed by atoms with Crippen LogP contribution in [0, 0.1) is 5.92 Å². The number of hydrogen-bond acceptors (Lipinski definition) is 2. The molecule has 1 saturated heterocycles. The van der Waals surface area contributed by atoms with Gasteiger partial charge in [-0.3, -0.25) is 4.79 Å². The number of hydrogen-bond donors (Lipinski definition) is 2. The monoisotopic (exact) mass is 286 g/mol. The first-order chi connectivity index (χ1) is 9.47. The fraction of sp³-hybridized carbons (Fsp3) is 0.500. The van der Waals surface area contributed by atoms with Crippen LogP contribution in [0.1, 0.15) is 12.0 Å². The Hall–Kier alpha value is -1.56. The van der Waals surface area contributed by atoms with Crippen LogP contribution >= 0.6 is 0 Å². The number of carbonyl (C=O) groups excluding carboxylic acids is 1. The van der Waals surface area contributed by atoms with Gasteiger partial charge in [0.1, 0.15) is 0 Å².